The zero-order valence-corrected chi connectivity index (χ0v) is 19.2. The van der Waals surface area contributed by atoms with Crippen LogP contribution in [0.2, 0.25) is 5.02 Å². The summed E-state index contributed by atoms with van der Waals surface area (Å²) in [6.45, 7) is 3.38. The molecule has 5 nitrogen and oxygen atoms in total. The highest BCUT2D eigenvalue weighted by Gasteiger charge is 2.30. The van der Waals surface area contributed by atoms with Gasteiger partial charge in [-0.3, -0.25) is 10.4 Å². The lowest BCUT2D eigenvalue weighted by Gasteiger charge is -2.19. The predicted molar refractivity (Wildman–Crippen MR) is 130 cm³/mol. The van der Waals surface area contributed by atoms with Gasteiger partial charge >= 0.3 is 6.18 Å². The number of rotatable bonds is 4. The lowest BCUT2D eigenvalue weighted by Crippen LogP contribution is -2.31. The number of benzene rings is 2. The van der Waals surface area contributed by atoms with Crippen molar-refractivity contribution in [2.45, 2.75) is 38.1 Å². The van der Waals surface area contributed by atoms with Crippen LogP contribution in [0.3, 0.4) is 0 Å². The van der Waals surface area contributed by atoms with E-state index in [0.29, 0.717) is 21.8 Å². The molecule has 4 rings (SSSR count). The van der Waals surface area contributed by atoms with E-state index in [2.05, 4.69) is 15.3 Å². The number of anilines is 1. The summed E-state index contributed by atoms with van der Waals surface area (Å²) in [7, 11) is 0. The van der Waals surface area contributed by atoms with Gasteiger partial charge in [-0.05, 0) is 54.8 Å². The molecule has 0 saturated carbocycles. The Balaban J connectivity index is 1.69. The summed E-state index contributed by atoms with van der Waals surface area (Å²) in [5.74, 6) is -0.114. The van der Waals surface area contributed by atoms with Crippen LogP contribution in [-0.2, 0) is 6.18 Å². The normalized spacial score (nSPS) is 19.6. The van der Waals surface area contributed by atoms with Gasteiger partial charge in [-0.15, -0.1) is 0 Å². The van der Waals surface area contributed by atoms with Gasteiger partial charge in [0.25, 0.3) is 0 Å². The Morgan fingerprint density at radius 3 is 2.56 bits per heavy atom. The van der Waals surface area contributed by atoms with Crippen molar-refractivity contribution in [2.75, 3.05) is 5.32 Å². The molecule has 3 aromatic rings. The molecule has 9 heteroatoms. The van der Waals surface area contributed by atoms with Crippen molar-refractivity contribution in [1.82, 2.24) is 4.98 Å². The highest BCUT2D eigenvalue weighted by atomic mass is 35.5. The monoisotopic (exact) mass is 486 g/mol. The molecule has 2 unspecified atom stereocenters. The number of aliphatic imine (C=N–C) groups is 1. The first-order chi connectivity index (χ1) is 16.0. The maximum atomic E-state index is 12.9. The van der Waals surface area contributed by atoms with Gasteiger partial charge in [-0.2, -0.15) is 13.2 Å². The fourth-order valence-corrected chi connectivity index (χ4v) is 3.88. The van der Waals surface area contributed by atoms with Gasteiger partial charge in [0.1, 0.15) is 5.60 Å². The Morgan fingerprint density at radius 2 is 1.88 bits per heavy atom. The minimum absolute atomic E-state index is 0.114. The van der Waals surface area contributed by atoms with Gasteiger partial charge in [0.15, 0.2) is 5.84 Å². The maximum absolute atomic E-state index is 12.9. The van der Waals surface area contributed by atoms with Gasteiger partial charge in [0.2, 0.25) is 0 Å². The van der Waals surface area contributed by atoms with Crippen molar-refractivity contribution in [2.24, 2.45) is 4.99 Å². The molecule has 1 aliphatic heterocycles. The molecule has 0 saturated heterocycles. The number of nitrogens with zero attached hydrogens (tertiary/aromatic N) is 2. The van der Waals surface area contributed by atoms with E-state index in [1.54, 1.807) is 13.1 Å². The van der Waals surface area contributed by atoms with Gasteiger partial charge in [-0.1, -0.05) is 35.9 Å². The van der Waals surface area contributed by atoms with Crippen LogP contribution in [0, 0.1) is 5.41 Å². The third kappa shape index (κ3) is 4.83. The van der Waals surface area contributed by atoms with E-state index in [1.807, 2.05) is 31.2 Å². The fourth-order valence-electron chi connectivity index (χ4n) is 3.68. The Labute approximate surface area is 199 Å². The largest absolute Gasteiger partial charge is 0.416 e. The number of allylic oxidation sites excluding steroid dienone is 1. The standard InChI is InChI=1S/C25H22ClF3N4O/c1-14(15-3-6-18(7-4-15)25(27,28)29)33-22-19-11-16(5-8-21(19)31-13-20(22)26)17-9-10-24(2,34)23(30)32-12-17/h3-9,11-14,30,34H,10H2,1-2H3,(H,31,33). The molecule has 2 atom stereocenters. The first kappa shape index (κ1) is 23.9. The van der Waals surface area contributed by atoms with Crippen molar-refractivity contribution >= 4 is 45.8 Å². The number of fused-ring (bicyclic) bond motifs is 1. The second-order valence-corrected chi connectivity index (χ2v) is 8.85. The van der Waals surface area contributed by atoms with E-state index in [0.717, 1.165) is 28.7 Å². The van der Waals surface area contributed by atoms with E-state index < -0.39 is 17.3 Å². The zero-order valence-electron chi connectivity index (χ0n) is 18.4. The second kappa shape index (κ2) is 8.85. The van der Waals surface area contributed by atoms with Crippen molar-refractivity contribution in [3.63, 3.8) is 0 Å². The SMILES string of the molecule is CC(Nc1c(Cl)cnc2ccc(C3=CCC(C)(O)C(=N)N=C3)cc12)c1ccc(C(F)(F)F)cc1. The number of halogens is 4. The van der Waals surface area contributed by atoms with Crippen LogP contribution in [0.1, 0.15) is 43.0 Å². The third-order valence-electron chi connectivity index (χ3n) is 5.82. The molecule has 2 aromatic carbocycles. The molecule has 0 spiro atoms. The number of pyridine rings is 1. The topological polar surface area (TPSA) is 81.4 Å². The van der Waals surface area contributed by atoms with E-state index in [-0.39, 0.29) is 18.3 Å². The number of nitrogens with one attached hydrogen (secondary N) is 2. The minimum atomic E-state index is -4.39. The molecule has 176 valence electrons. The van der Waals surface area contributed by atoms with Crippen molar-refractivity contribution in [3.05, 3.63) is 76.5 Å². The van der Waals surface area contributed by atoms with E-state index in [9.17, 15) is 18.3 Å². The molecule has 3 N–H and O–H groups in total. The highest BCUT2D eigenvalue weighted by molar-refractivity contribution is 6.34. The molecule has 0 bridgehead atoms. The summed E-state index contributed by atoms with van der Waals surface area (Å²) in [5, 5.41) is 22.6. The molecule has 2 heterocycles. The first-order valence-electron chi connectivity index (χ1n) is 10.5. The number of hydrogen-bond donors (Lipinski definition) is 3. The Hall–Kier alpha value is -3.23. The lowest BCUT2D eigenvalue weighted by atomic mass is 9.98. The number of aliphatic hydroxyl groups is 1. The van der Waals surface area contributed by atoms with E-state index in [1.165, 1.54) is 18.3 Å². The number of aromatic nitrogens is 1. The summed E-state index contributed by atoms with van der Waals surface area (Å²) >= 11 is 6.46. The molecular weight excluding hydrogens is 465 g/mol. The summed E-state index contributed by atoms with van der Waals surface area (Å²) in [4.78, 5) is 8.45. The summed E-state index contributed by atoms with van der Waals surface area (Å²) < 4.78 is 38.7. The van der Waals surface area contributed by atoms with Crippen LogP contribution in [0.5, 0.6) is 0 Å². The van der Waals surface area contributed by atoms with Crippen LogP contribution < -0.4 is 5.32 Å². The Kier molecular flexibility index (Phi) is 6.22. The summed E-state index contributed by atoms with van der Waals surface area (Å²) in [6, 6.07) is 10.3. The second-order valence-electron chi connectivity index (χ2n) is 8.44. The van der Waals surface area contributed by atoms with E-state index in [4.69, 9.17) is 17.0 Å². The molecule has 0 fully saturated rings. The van der Waals surface area contributed by atoms with Crippen LogP contribution >= 0.6 is 11.6 Å². The van der Waals surface area contributed by atoms with Crippen LogP contribution in [0.15, 0.2) is 59.7 Å². The van der Waals surface area contributed by atoms with E-state index >= 15 is 0 Å². The first-order valence-corrected chi connectivity index (χ1v) is 10.9. The van der Waals surface area contributed by atoms with Crippen molar-refractivity contribution in [3.8, 4) is 0 Å². The van der Waals surface area contributed by atoms with Crippen molar-refractivity contribution < 1.29 is 18.3 Å². The smallest absolute Gasteiger partial charge is 0.382 e. The predicted octanol–water partition coefficient (Wildman–Crippen LogP) is 6.67. The third-order valence-corrected chi connectivity index (χ3v) is 6.10. The minimum Gasteiger partial charge on any atom is -0.382 e. The van der Waals surface area contributed by atoms with Crippen LogP contribution in [0.4, 0.5) is 18.9 Å². The number of alkyl halides is 3. The average Bonchev–Trinajstić information content (AvgIpc) is 2.92. The Morgan fingerprint density at radius 1 is 1.18 bits per heavy atom. The molecular formula is C25H22ClF3N4O. The van der Waals surface area contributed by atoms with Gasteiger partial charge in [0.05, 0.1) is 21.8 Å². The zero-order chi connectivity index (χ0) is 24.7. The molecule has 0 amide bonds. The fraction of sp³-hybridized carbons (Fsp3) is 0.240. The quantitative estimate of drug-likeness (QED) is 0.385. The summed E-state index contributed by atoms with van der Waals surface area (Å²) in [6.07, 6.45) is 0.737. The lowest BCUT2D eigenvalue weighted by molar-refractivity contribution is -0.137. The summed E-state index contributed by atoms with van der Waals surface area (Å²) in [5.41, 5.74) is 1.45. The molecule has 0 radical (unpaired) electrons. The highest BCUT2D eigenvalue weighted by Crippen LogP contribution is 2.35. The maximum Gasteiger partial charge on any atom is 0.416 e. The van der Waals surface area contributed by atoms with Crippen LogP contribution in [-0.4, -0.2) is 27.7 Å². The Bertz CT molecular complexity index is 1310. The molecule has 0 aliphatic carbocycles. The average molecular weight is 487 g/mol. The van der Waals surface area contributed by atoms with Gasteiger partial charge in [-0.25, -0.2) is 4.99 Å². The molecule has 34 heavy (non-hydrogen) atoms. The molecule has 1 aromatic heterocycles. The van der Waals surface area contributed by atoms with Gasteiger partial charge < -0.3 is 10.4 Å². The van der Waals surface area contributed by atoms with Gasteiger partial charge in [0, 0.05) is 30.3 Å². The number of hydrogen-bond acceptors (Lipinski definition) is 4. The number of amidine groups is 1. The van der Waals surface area contributed by atoms with Crippen LogP contribution in [0.25, 0.3) is 16.5 Å². The molecule has 1 aliphatic rings. The van der Waals surface area contributed by atoms with Crippen molar-refractivity contribution in [1.29, 1.82) is 5.41 Å².